The lowest BCUT2D eigenvalue weighted by atomic mass is 10.1. The van der Waals surface area contributed by atoms with Crippen LogP contribution in [-0.2, 0) is 9.59 Å². The molecule has 6 nitrogen and oxygen atoms in total. The number of para-hydroxylation sites is 5. The summed E-state index contributed by atoms with van der Waals surface area (Å²) in [6.45, 7) is 1.95. The van der Waals surface area contributed by atoms with Gasteiger partial charge in [0, 0.05) is 12.5 Å². The molecule has 0 fully saturated rings. The third kappa shape index (κ3) is 4.27. The van der Waals surface area contributed by atoms with Crippen molar-refractivity contribution in [1.29, 1.82) is 0 Å². The fourth-order valence-corrected chi connectivity index (χ4v) is 3.54. The molecule has 0 bridgehead atoms. The average Bonchev–Trinajstić information content (AvgIpc) is 2.88. The molecule has 0 saturated heterocycles. The second-order valence-corrected chi connectivity index (χ2v) is 7.15. The molecule has 2 N–H and O–H groups in total. The summed E-state index contributed by atoms with van der Waals surface area (Å²) in [7, 11) is 0. The van der Waals surface area contributed by atoms with Crippen LogP contribution in [-0.4, -0.2) is 24.4 Å². The topological polar surface area (TPSA) is 70.7 Å². The summed E-state index contributed by atoms with van der Waals surface area (Å²) in [6.07, 6.45) is 0.244. The van der Waals surface area contributed by atoms with Crippen molar-refractivity contribution in [2.75, 3.05) is 22.1 Å². The number of anilines is 3. The quantitative estimate of drug-likeness (QED) is 0.653. The van der Waals surface area contributed by atoms with E-state index in [0.29, 0.717) is 17.1 Å². The predicted molar refractivity (Wildman–Crippen MR) is 118 cm³/mol. The van der Waals surface area contributed by atoms with Crippen LogP contribution in [0.15, 0.2) is 78.9 Å². The van der Waals surface area contributed by atoms with Gasteiger partial charge in [-0.1, -0.05) is 42.5 Å². The van der Waals surface area contributed by atoms with E-state index in [1.54, 1.807) is 4.90 Å². The summed E-state index contributed by atoms with van der Waals surface area (Å²) in [5.41, 5.74) is 2.07. The Hall–Kier alpha value is -3.80. The van der Waals surface area contributed by atoms with Crippen LogP contribution >= 0.6 is 0 Å². The van der Waals surface area contributed by atoms with Crippen LogP contribution in [0.25, 0.3) is 0 Å². The van der Waals surface area contributed by atoms with Gasteiger partial charge in [-0.15, -0.1) is 0 Å². The maximum absolute atomic E-state index is 13.2. The largest absolute Gasteiger partial charge is 0.455 e. The van der Waals surface area contributed by atoms with Crippen LogP contribution in [0.4, 0.5) is 17.1 Å². The molecule has 2 amide bonds. The summed E-state index contributed by atoms with van der Waals surface area (Å²) >= 11 is 0. The monoisotopic (exact) mass is 401 g/mol. The lowest BCUT2D eigenvalue weighted by Gasteiger charge is -2.28. The van der Waals surface area contributed by atoms with Gasteiger partial charge < -0.3 is 20.3 Å². The van der Waals surface area contributed by atoms with Crippen molar-refractivity contribution in [2.24, 2.45) is 0 Å². The van der Waals surface area contributed by atoms with Gasteiger partial charge in [0.15, 0.2) is 5.75 Å². The van der Waals surface area contributed by atoms with Crippen LogP contribution in [0.2, 0.25) is 0 Å². The van der Waals surface area contributed by atoms with Crippen LogP contribution in [0.5, 0.6) is 11.5 Å². The first-order valence-corrected chi connectivity index (χ1v) is 9.88. The lowest BCUT2D eigenvalue weighted by Crippen LogP contribution is -2.42. The Bertz CT molecular complexity index is 1050. The SMILES string of the molecule is CC1CC(=O)Nc2ccccc2N1C(=O)CNc1ccccc1Oc1ccccc1. The molecule has 6 heteroatoms. The molecule has 30 heavy (non-hydrogen) atoms. The van der Waals surface area contributed by atoms with Crippen molar-refractivity contribution in [3.63, 3.8) is 0 Å². The molecule has 1 unspecified atom stereocenters. The molecule has 3 aromatic rings. The zero-order valence-electron chi connectivity index (χ0n) is 16.7. The van der Waals surface area contributed by atoms with E-state index in [2.05, 4.69) is 10.6 Å². The molecule has 4 rings (SSSR count). The van der Waals surface area contributed by atoms with E-state index in [9.17, 15) is 9.59 Å². The van der Waals surface area contributed by atoms with Gasteiger partial charge in [-0.3, -0.25) is 9.59 Å². The van der Waals surface area contributed by atoms with Crippen molar-refractivity contribution < 1.29 is 14.3 Å². The molecular formula is C24H23N3O3. The molecule has 1 atom stereocenters. The number of nitrogens with zero attached hydrogens (tertiary/aromatic N) is 1. The molecule has 0 saturated carbocycles. The zero-order chi connectivity index (χ0) is 20.9. The Kier molecular flexibility index (Phi) is 5.66. The maximum Gasteiger partial charge on any atom is 0.246 e. The molecule has 152 valence electrons. The second-order valence-electron chi connectivity index (χ2n) is 7.15. The Morgan fingerprint density at radius 3 is 2.57 bits per heavy atom. The molecule has 0 radical (unpaired) electrons. The summed E-state index contributed by atoms with van der Waals surface area (Å²) in [6, 6.07) is 24.1. The molecular weight excluding hydrogens is 378 g/mol. The van der Waals surface area contributed by atoms with E-state index in [-0.39, 0.29) is 30.8 Å². The number of hydrogen-bond acceptors (Lipinski definition) is 4. The van der Waals surface area contributed by atoms with E-state index in [4.69, 9.17) is 4.74 Å². The molecule has 1 heterocycles. The number of ether oxygens (including phenoxy) is 1. The number of fused-ring (bicyclic) bond motifs is 1. The number of hydrogen-bond donors (Lipinski definition) is 2. The highest BCUT2D eigenvalue weighted by atomic mass is 16.5. The van der Waals surface area contributed by atoms with Gasteiger partial charge in [0.05, 0.1) is 23.6 Å². The first-order chi connectivity index (χ1) is 14.6. The molecule has 0 aliphatic carbocycles. The molecule has 0 aromatic heterocycles. The third-order valence-electron chi connectivity index (χ3n) is 4.92. The van der Waals surface area contributed by atoms with Gasteiger partial charge in [-0.05, 0) is 43.3 Å². The molecule has 1 aliphatic heterocycles. The van der Waals surface area contributed by atoms with E-state index in [1.807, 2.05) is 85.8 Å². The Morgan fingerprint density at radius 1 is 1.03 bits per heavy atom. The van der Waals surface area contributed by atoms with Gasteiger partial charge in [0.1, 0.15) is 5.75 Å². The normalized spacial score (nSPS) is 15.6. The minimum absolute atomic E-state index is 0.0715. The Labute approximate surface area is 175 Å². The maximum atomic E-state index is 13.2. The number of rotatable bonds is 5. The highest BCUT2D eigenvalue weighted by Gasteiger charge is 2.29. The van der Waals surface area contributed by atoms with Gasteiger partial charge >= 0.3 is 0 Å². The van der Waals surface area contributed by atoms with E-state index in [1.165, 1.54) is 0 Å². The molecule has 0 spiro atoms. The van der Waals surface area contributed by atoms with Crippen molar-refractivity contribution in [1.82, 2.24) is 0 Å². The fraction of sp³-hybridized carbons (Fsp3) is 0.167. The number of amides is 2. The zero-order valence-corrected chi connectivity index (χ0v) is 16.7. The predicted octanol–water partition coefficient (Wildman–Crippen LogP) is 4.65. The van der Waals surface area contributed by atoms with Gasteiger partial charge in [-0.2, -0.15) is 0 Å². The van der Waals surface area contributed by atoms with Crippen LogP contribution < -0.4 is 20.3 Å². The van der Waals surface area contributed by atoms with Crippen molar-refractivity contribution in [2.45, 2.75) is 19.4 Å². The number of nitrogens with one attached hydrogen (secondary N) is 2. The van der Waals surface area contributed by atoms with Crippen molar-refractivity contribution in [3.8, 4) is 11.5 Å². The standard InChI is InChI=1S/C24H23N3O3/c1-17-15-23(28)26-19-11-5-7-13-21(19)27(17)24(29)16-25-20-12-6-8-14-22(20)30-18-9-3-2-4-10-18/h2-14,17,25H,15-16H2,1H3,(H,26,28). The Balaban J connectivity index is 1.52. The first-order valence-electron chi connectivity index (χ1n) is 9.88. The summed E-state index contributed by atoms with van der Waals surface area (Å²) in [5.74, 6) is 1.14. The van der Waals surface area contributed by atoms with Crippen molar-refractivity contribution >= 4 is 28.9 Å². The highest BCUT2D eigenvalue weighted by Crippen LogP contribution is 2.32. The van der Waals surface area contributed by atoms with Crippen LogP contribution in [0, 0.1) is 0 Å². The number of carbonyl (C=O) groups excluding carboxylic acids is 2. The van der Waals surface area contributed by atoms with E-state index in [0.717, 1.165) is 11.4 Å². The van der Waals surface area contributed by atoms with E-state index >= 15 is 0 Å². The first kappa shape index (κ1) is 19.5. The summed E-state index contributed by atoms with van der Waals surface area (Å²) < 4.78 is 5.96. The minimum atomic E-state index is -0.251. The van der Waals surface area contributed by atoms with E-state index < -0.39 is 0 Å². The molecule has 3 aromatic carbocycles. The molecule has 1 aliphatic rings. The summed E-state index contributed by atoms with van der Waals surface area (Å²) in [5, 5.41) is 6.07. The van der Waals surface area contributed by atoms with Gasteiger partial charge in [-0.25, -0.2) is 0 Å². The van der Waals surface area contributed by atoms with Crippen molar-refractivity contribution in [3.05, 3.63) is 78.9 Å². The Morgan fingerprint density at radius 2 is 1.73 bits per heavy atom. The van der Waals surface area contributed by atoms with Crippen LogP contribution in [0.1, 0.15) is 13.3 Å². The fourth-order valence-electron chi connectivity index (χ4n) is 3.54. The second kappa shape index (κ2) is 8.69. The highest BCUT2D eigenvalue weighted by molar-refractivity contribution is 6.05. The third-order valence-corrected chi connectivity index (χ3v) is 4.92. The smallest absolute Gasteiger partial charge is 0.246 e. The number of benzene rings is 3. The minimum Gasteiger partial charge on any atom is -0.455 e. The lowest BCUT2D eigenvalue weighted by molar-refractivity contribution is -0.118. The number of carbonyl (C=O) groups is 2. The van der Waals surface area contributed by atoms with Gasteiger partial charge in [0.2, 0.25) is 11.8 Å². The average molecular weight is 401 g/mol. The van der Waals surface area contributed by atoms with Gasteiger partial charge in [0.25, 0.3) is 0 Å². The van der Waals surface area contributed by atoms with Crippen LogP contribution in [0.3, 0.4) is 0 Å². The summed E-state index contributed by atoms with van der Waals surface area (Å²) in [4.78, 5) is 27.0.